The first-order chi connectivity index (χ1) is 18.8. The van der Waals surface area contributed by atoms with Crippen LogP contribution in [0.4, 0.5) is 5.69 Å². The normalized spacial score (nSPS) is 12.2. The molecule has 4 aromatic rings. The highest BCUT2D eigenvalue weighted by Crippen LogP contribution is 2.56. The lowest BCUT2D eigenvalue weighted by molar-refractivity contribution is 0.407. The molecule has 0 fully saturated rings. The summed E-state index contributed by atoms with van der Waals surface area (Å²) in [4.78, 5) is 0. The number of methoxy groups -OCH3 is 2. The molecule has 0 aliphatic heterocycles. The highest BCUT2D eigenvalue weighted by atomic mass is 31.2. The lowest BCUT2D eigenvalue weighted by Gasteiger charge is -2.33. The maximum absolute atomic E-state index is 12.1. The smallest absolute Gasteiger partial charge is 0.129 e. The van der Waals surface area contributed by atoms with Gasteiger partial charge in [0.1, 0.15) is 23.0 Å². The van der Waals surface area contributed by atoms with Crippen LogP contribution in [0.1, 0.15) is 52.7 Å². The fraction of sp³-hybridized carbons (Fsp3) is 0.294. The van der Waals surface area contributed by atoms with Crippen molar-refractivity contribution in [2.45, 2.75) is 52.4 Å². The van der Waals surface area contributed by atoms with Crippen molar-refractivity contribution in [1.29, 1.82) is 0 Å². The van der Waals surface area contributed by atoms with Crippen molar-refractivity contribution >= 4 is 28.7 Å². The van der Waals surface area contributed by atoms with E-state index in [0.717, 1.165) is 22.1 Å². The van der Waals surface area contributed by atoms with Gasteiger partial charge in [0.05, 0.1) is 27.0 Å². The third-order valence-corrected chi connectivity index (χ3v) is 10.7. The molecule has 4 aromatic carbocycles. The zero-order chi connectivity index (χ0) is 29.3. The second kappa shape index (κ2) is 11.1. The van der Waals surface area contributed by atoms with Crippen molar-refractivity contribution in [3.05, 3.63) is 96.1 Å². The molecular formula is C34H40NO4P. The van der Waals surface area contributed by atoms with E-state index in [1.807, 2.05) is 84.9 Å². The maximum Gasteiger partial charge on any atom is 0.129 e. The minimum Gasteiger partial charge on any atom is -0.507 e. The summed E-state index contributed by atoms with van der Waals surface area (Å²) in [6, 6.07) is 27.2. The van der Waals surface area contributed by atoms with Crippen LogP contribution in [0.3, 0.4) is 0 Å². The Kier molecular flexibility index (Phi) is 8.10. The van der Waals surface area contributed by atoms with Crippen LogP contribution >= 0.6 is 7.05 Å². The number of hydrogen-bond acceptors (Lipinski definition) is 5. The molecule has 210 valence electrons. The Morgan fingerprint density at radius 2 is 1.00 bits per heavy atom. The molecule has 0 aliphatic rings. The van der Waals surface area contributed by atoms with E-state index in [1.54, 1.807) is 14.2 Å². The van der Waals surface area contributed by atoms with Gasteiger partial charge in [0, 0.05) is 27.0 Å². The zero-order valence-corrected chi connectivity index (χ0v) is 25.6. The van der Waals surface area contributed by atoms with Gasteiger partial charge in [-0.05, 0) is 47.2 Å². The van der Waals surface area contributed by atoms with Gasteiger partial charge in [0.2, 0.25) is 0 Å². The molecule has 0 amide bonds. The molecule has 0 radical (unpaired) electrons. The maximum atomic E-state index is 12.1. The Morgan fingerprint density at radius 3 is 1.38 bits per heavy atom. The third kappa shape index (κ3) is 5.48. The van der Waals surface area contributed by atoms with Crippen LogP contribution in [0.2, 0.25) is 0 Å². The van der Waals surface area contributed by atoms with Gasteiger partial charge in [0.15, 0.2) is 0 Å². The number of phenolic OH excluding ortho intramolecular Hbond substituents is 2. The van der Waals surface area contributed by atoms with E-state index in [0.29, 0.717) is 22.1 Å². The summed E-state index contributed by atoms with van der Waals surface area (Å²) < 4.78 is 17.1. The average molecular weight is 558 g/mol. The molecule has 4 rings (SSSR count). The molecule has 40 heavy (non-hydrogen) atoms. The molecule has 6 heteroatoms. The van der Waals surface area contributed by atoms with E-state index in [4.69, 9.17) is 14.2 Å². The van der Waals surface area contributed by atoms with Gasteiger partial charge in [-0.2, -0.15) is 0 Å². The first-order valence-electron chi connectivity index (χ1n) is 13.4. The summed E-state index contributed by atoms with van der Waals surface area (Å²) in [6.45, 7) is 12.4. The molecule has 0 bridgehead atoms. The van der Waals surface area contributed by atoms with Gasteiger partial charge < -0.3 is 19.7 Å². The van der Waals surface area contributed by atoms with Crippen molar-refractivity contribution in [3.63, 3.8) is 0 Å². The summed E-state index contributed by atoms with van der Waals surface area (Å²) in [5.74, 6) is 1.51. The summed E-state index contributed by atoms with van der Waals surface area (Å²) in [5, 5.41) is 26.3. The van der Waals surface area contributed by atoms with Crippen LogP contribution in [-0.4, -0.2) is 24.4 Å². The van der Waals surface area contributed by atoms with E-state index in [-0.39, 0.29) is 22.3 Å². The van der Waals surface area contributed by atoms with Crippen molar-refractivity contribution < 1.29 is 19.7 Å². The van der Waals surface area contributed by atoms with Crippen LogP contribution in [0.25, 0.3) is 0 Å². The largest absolute Gasteiger partial charge is 0.507 e. The predicted octanol–water partition coefficient (Wildman–Crippen LogP) is 7.52. The van der Waals surface area contributed by atoms with Crippen molar-refractivity contribution in [2.24, 2.45) is 4.74 Å². The minimum atomic E-state index is -3.16. The van der Waals surface area contributed by atoms with E-state index >= 15 is 0 Å². The van der Waals surface area contributed by atoms with Crippen molar-refractivity contribution in [3.8, 4) is 23.0 Å². The van der Waals surface area contributed by atoms with E-state index < -0.39 is 7.05 Å². The molecule has 5 nitrogen and oxygen atoms in total. The molecule has 0 unspecified atom stereocenters. The Morgan fingerprint density at radius 1 is 0.600 bits per heavy atom. The van der Waals surface area contributed by atoms with Gasteiger partial charge in [-0.15, -0.1) is 0 Å². The number of ether oxygens (including phenoxy) is 2. The average Bonchev–Trinajstić information content (AvgIpc) is 2.92. The third-order valence-electron chi connectivity index (χ3n) is 7.06. The van der Waals surface area contributed by atoms with Gasteiger partial charge in [-0.3, -0.25) is 4.74 Å². The molecule has 0 saturated heterocycles. The summed E-state index contributed by atoms with van der Waals surface area (Å²) in [6.07, 6.45) is 0. The highest BCUT2D eigenvalue weighted by Gasteiger charge is 2.38. The molecule has 2 N–H and O–H groups in total. The Balaban J connectivity index is 2.36. The van der Waals surface area contributed by atoms with Crippen LogP contribution in [-0.2, 0) is 10.8 Å². The SMILES string of the molecule is COc1cc(C(C)(C)C)c(O)c(P(=Nc2ccccc2)(c2ccccc2)c2cc(OC)cc(C(C)(C)C)c2O)c1. The van der Waals surface area contributed by atoms with Gasteiger partial charge in [-0.25, -0.2) is 0 Å². The first kappa shape index (κ1) is 29.3. The summed E-state index contributed by atoms with van der Waals surface area (Å²) in [7, 11) is 0.0920. The van der Waals surface area contributed by atoms with Crippen LogP contribution in [0, 0.1) is 0 Å². The number of phenols is 2. The van der Waals surface area contributed by atoms with E-state index in [9.17, 15) is 10.2 Å². The van der Waals surface area contributed by atoms with Crippen LogP contribution < -0.4 is 25.4 Å². The molecule has 0 heterocycles. The fourth-order valence-corrected chi connectivity index (χ4v) is 8.66. The predicted molar refractivity (Wildman–Crippen MR) is 168 cm³/mol. The zero-order valence-electron chi connectivity index (χ0n) is 24.7. The second-order valence-corrected chi connectivity index (χ2v) is 14.9. The fourth-order valence-electron chi connectivity index (χ4n) is 4.94. The quantitative estimate of drug-likeness (QED) is 0.241. The molecule has 0 atom stereocenters. The number of nitrogens with zero attached hydrogens (tertiary/aromatic N) is 1. The van der Waals surface area contributed by atoms with Crippen LogP contribution in [0.5, 0.6) is 23.0 Å². The first-order valence-corrected chi connectivity index (χ1v) is 15.1. The lowest BCUT2D eigenvalue weighted by Crippen LogP contribution is -2.29. The summed E-state index contributed by atoms with van der Waals surface area (Å²) >= 11 is 0. The van der Waals surface area contributed by atoms with Gasteiger partial charge in [0.25, 0.3) is 0 Å². The van der Waals surface area contributed by atoms with Gasteiger partial charge >= 0.3 is 0 Å². The molecule has 0 spiro atoms. The molecule has 0 aromatic heterocycles. The van der Waals surface area contributed by atoms with Crippen molar-refractivity contribution in [2.75, 3.05) is 14.2 Å². The molecule has 0 saturated carbocycles. The van der Waals surface area contributed by atoms with Crippen molar-refractivity contribution in [1.82, 2.24) is 0 Å². The second-order valence-electron chi connectivity index (χ2n) is 12.0. The van der Waals surface area contributed by atoms with Gasteiger partial charge in [-0.1, -0.05) is 90.1 Å². The Hall–Kier alpha value is -3.69. The van der Waals surface area contributed by atoms with E-state index in [2.05, 4.69) is 41.5 Å². The number of hydrogen-bond donors (Lipinski definition) is 2. The Labute approximate surface area is 238 Å². The monoisotopic (exact) mass is 557 g/mol. The number of benzene rings is 4. The molecular weight excluding hydrogens is 517 g/mol. The molecule has 0 aliphatic carbocycles. The minimum absolute atomic E-state index is 0.143. The topological polar surface area (TPSA) is 71.3 Å². The number of rotatable bonds is 6. The van der Waals surface area contributed by atoms with E-state index in [1.165, 1.54) is 0 Å². The lowest BCUT2D eigenvalue weighted by atomic mass is 9.86. The highest BCUT2D eigenvalue weighted by molar-refractivity contribution is 7.87. The Bertz CT molecular complexity index is 1470. The summed E-state index contributed by atoms with van der Waals surface area (Å²) in [5.41, 5.74) is 1.44. The standard InChI is InChI=1S/C34H40NO4P/c1-33(2,3)27-19-24(38-7)21-29(31(27)36)40(26-17-13-10-14-18-26,35-23-15-11-9-12-16-23)30-22-25(39-8)20-28(32(30)37)34(4,5)6/h9-22,36-37H,1-8H3. The van der Waals surface area contributed by atoms with Crippen LogP contribution in [0.15, 0.2) is 89.7 Å². The number of aromatic hydroxyl groups is 2.